The Morgan fingerprint density at radius 1 is 1.07 bits per heavy atom. The maximum atomic E-state index is 13.4. The highest BCUT2D eigenvalue weighted by molar-refractivity contribution is 7.89. The number of rotatable bonds is 7. The summed E-state index contributed by atoms with van der Waals surface area (Å²) >= 11 is 0. The molecule has 1 aromatic heterocycles. The van der Waals surface area contributed by atoms with Crippen LogP contribution in [0, 0.1) is 20.8 Å². The molecule has 0 bridgehead atoms. The van der Waals surface area contributed by atoms with E-state index >= 15 is 0 Å². The summed E-state index contributed by atoms with van der Waals surface area (Å²) in [5.74, 6) is 0.612. The fourth-order valence-corrected chi connectivity index (χ4v) is 5.58. The first kappa shape index (κ1) is 22.0. The standard InChI is InChI=1S/C22H26N2O5S/c1-14-9-15(2)21(16(3)10-14)30(27,28)24(7-8-25)13-18-11-17-5-6-19(29-4)12-20(17)23-22(18)26/h5-6,9-12,25H,7-8,13H2,1-4H3,(H,23,26). The summed E-state index contributed by atoms with van der Waals surface area (Å²) in [6, 6.07) is 10.6. The Morgan fingerprint density at radius 2 is 1.73 bits per heavy atom. The number of aryl methyl sites for hydroxylation is 3. The van der Waals surface area contributed by atoms with Crippen molar-refractivity contribution in [3.05, 3.63) is 69.0 Å². The minimum atomic E-state index is -3.92. The van der Waals surface area contributed by atoms with E-state index in [1.54, 1.807) is 45.2 Å². The van der Waals surface area contributed by atoms with Gasteiger partial charge in [0.2, 0.25) is 10.0 Å². The number of pyridine rings is 1. The highest BCUT2D eigenvalue weighted by Gasteiger charge is 2.28. The zero-order valence-corrected chi connectivity index (χ0v) is 18.3. The van der Waals surface area contributed by atoms with Crippen LogP contribution in [0.1, 0.15) is 22.3 Å². The number of H-pyrrole nitrogens is 1. The molecule has 0 aliphatic carbocycles. The largest absolute Gasteiger partial charge is 0.497 e. The minimum absolute atomic E-state index is 0.116. The molecule has 0 saturated carbocycles. The summed E-state index contributed by atoms with van der Waals surface area (Å²) in [5, 5.41) is 10.3. The lowest BCUT2D eigenvalue weighted by Crippen LogP contribution is -2.35. The summed E-state index contributed by atoms with van der Waals surface area (Å²) in [6.45, 7) is 4.79. The van der Waals surface area contributed by atoms with E-state index in [0.717, 1.165) is 15.3 Å². The summed E-state index contributed by atoms with van der Waals surface area (Å²) in [5.41, 5.74) is 2.76. The monoisotopic (exact) mass is 430 g/mol. The fourth-order valence-electron chi connectivity index (χ4n) is 3.76. The second-order valence-corrected chi connectivity index (χ2v) is 9.24. The third-order valence-electron chi connectivity index (χ3n) is 5.03. The van der Waals surface area contributed by atoms with Crippen LogP contribution in [-0.2, 0) is 16.6 Å². The van der Waals surface area contributed by atoms with Gasteiger partial charge in [-0.3, -0.25) is 4.79 Å². The number of fused-ring (bicyclic) bond motifs is 1. The van der Waals surface area contributed by atoms with Crippen molar-refractivity contribution < 1.29 is 18.3 Å². The third-order valence-corrected chi connectivity index (χ3v) is 7.18. The molecular formula is C22H26N2O5S. The fraction of sp³-hybridized carbons (Fsp3) is 0.318. The number of hydrogen-bond donors (Lipinski definition) is 2. The predicted octanol–water partition coefficient (Wildman–Crippen LogP) is 2.65. The van der Waals surface area contributed by atoms with Crippen LogP contribution >= 0.6 is 0 Å². The first-order valence-corrected chi connectivity index (χ1v) is 11.0. The van der Waals surface area contributed by atoms with Crippen molar-refractivity contribution in [2.75, 3.05) is 20.3 Å². The predicted molar refractivity (Wildman–Crippen MR) is 116 cm³/mol. The van der Waals surface area contributed by atoms with Crippen molar-refractivity contribution in [2.45, 2.75) is 32.2 Å². The molecule has 1 heterocycles. The first-order chi connectivity index (χ1) is 14.2. The molecule has 0 amide bonds. The van der Waals surface area contributed by atoms with Gasteiger partial charge in [-0.2, -0.15) is 4.31 Å². The molecule has 0 radical (unpaired) electrons. The molecule has 8 heteroatoms. The Morgan fingerprint density at radius 3 is 2.33 bits per heavy atom. The van der Waals surface area contributed by atoms with Gasteiger partial charge in [0, 0.05) is 24.7 Å². The van der Waals surface area contributed by atoms with Crippen LogP contribution < -0.4 is 10.3 Å². The molecule has 0 unspecified atom stereocenters. The molecule has 0 saturated heterocycles. The van der Waals surface area contributed by atoms with E-state index in [4.69, 9.17) is 4.74 Å². The summed E-state index contributed by atoms with van der Waals surface area (Å²) in [7, 11) is -2.38. The van der Waals surface area contributed by atoms with Gasteiger partial charge in [-0.1, -0.05) is 17.7 Å². The average Bonchev–Trinajstić information content (AvgIpc) is 2.66. The van der Waals surface area contributed by atoms with Crippen molar-refractivity contribution in [1.82, 2.24) is 9.29 Å². The molecule has 30 heavy (non-hydrogen) atoms. The van der Waals surface area contributed by atoms with Gasteiger partial charge in [0.1, 0.15) is 5.75 Å². The Labute approximate surface area is 176 Å². The highest BCUT2D eigenvalue weighted by Crippen LogP contribution is 2.26. The Kier molecular flexibility index (Phi) is 6.30. The summed E-state index contributed by atoms with van der Waals surface area (Å²) in [4.78, 5) is 15.6. The molecular weight excluding hydrogens is 404 g/mol. The molecule has 0 aliphatic heterocycles. The van der Waals surface area contributed by atoms with Gasteiger partial charge < -0.3 is 14.8 Å². The van der Waals surface area contributed by atoms with Crippen molar-refractivity contribution in [2.24, 2.45) is 0 Å². The number of methoxy groups -OCH3 is 1. The zero-order chi connectivity index (χ0) is 22.1. The number of nitrogens with one attached hydrogen (secondary N) is 1. The quantitative estimate of drug-likeness (QED) is 0.600. The molecule has 2 N–H and O–H groups in total. The normalized spacial score (nSPS) is 11.9. The van der Waals surface area contributed by atoms with Crippen LogP contribution in [0.2, 0.25) is 0 Å². The van der Waals surface area contributed by atoms with E-state index < -0.39 is 10.0 Å². The van der Waals surface area contributed by atoms with Gasteiger partial charge in [-0.15, -0.1) is 0 Å². The van der Waals surface area contributed by atoms with Crippen LogP contribution in [0.5, 0.6) is 5.75 Å². The van der Waals surface area contributed by atoms with Crippen molar-refractivity contribution >= 4 is 20.9 Å². The topological polar surface area (TPSA) is 99.7 Å². The van der Waals surface area contributed by atoms with Crippen LogP contribution in [-0.4, -0.2) is 43.1 Å². The molecule has 7 nitrogen and oxygen atoms in total. The Balaban J connectivity index is 2.06. The van der Waals surface area contributed by atoms with Gasteiger partial charge in [0.25, 0.3) is 5.56 Å². The maximum Gasteiger partial charge on any atom is 0.252 e. The lowest BCUT2D eigenvalue weighted by Gasteiger charge is -2.23. The van der Waals surface area contributed by atoms with Gasteiger partial charge in [0.15, 0.2) is 0 Å². The van der Waals surface area contributed by atoms with Gasteiger partial charge >= 0.3 is 0 Å². The third kappa shape index (κ3) is 4.26. The number of benzene rings is 2. The minimum Gasteiger partial charge on any atom is -0.497 e. The first-order valence-electron chi connectivity index (χ1n) is 9.56. The van der Waals surface area contributed by atoms with E-state index in [2.05, 4.69) is 4.98 Å². The SMILES string of the molecule is COc1ccc2cc(CN(CCO)S(=O)(=O)c3c(C)cc(C)cc3C)c(=O)[nH]c2c1. The summed E-state index contributed by atoms with van der Waals surface area (Å²) in [6.07, 6.45) is 0. The number of ether oxygens (including phenoxy) is 1. The van der Waals surface area contributed by atoms with E-state index in [9.17, 15) is 18.3 Å². The van der Waals surface area contributed by atoms with Crippen LogP contribution in [0.25, 0.3) is 10.9 Å². The number of sulfonamides is 1. The number of aliphatic hydroxyl groups is 1. The van der Waals surface area contributed by atoms with E-state index in [1.807, 2.05) is 19.1 Å². The van der Waals surface area contributed by atoms with Crippen LogP contribution in [0.3, 0.4) is 0 Å². The van der Waals surface area contributed by atoms with E-state index in [0.29, 0.717) is 28.0 Å². The van der Waals surface area contributed by atoms with Gasteiger partial charge in [-0.25, -0.2) is 8.42 Å². The number of aromatic amines is 1. The molecule has 3 rings (SSSR count). The zero-order valence-electron chi connectivity index (χ0n) is 17.5. The molecule has 0 atom stereocenters. The Hall–Kier alpha value is -2.68. The maximum absolute atomic E-state index is 13.4. The van der Waals surface area contributed by atoms with Gasteiger partial charge in [-0.05, 0) is 55.5 Å². The lowest BCUT2D eigenvalue weighted by atomic mass is 10.1. The average molecular weight is 431 g/mol. The van der Waals surface area contributed by atoms with E-state index in [1.165, 1.54) is 0 Å². The van der Waals surface area contributed by atoms with Gasteiger partial charge in [0.05, 0.1) is 24.1 Å². The molecule has 0 fully saturated rings. The van der Waals surface area contributed by atoms with Crippen molar-refractivity contribution in [3.63, 3.8) is 0 Å². The van der Waals surface area contributed by atoms with Crippen molar-refractivity contribution in [1.29, 1.82) is 0 Å². The smallest absolute Gasteiger partial charge is 0.252 e. The lowest BCUT2D eigenvalue weighted by molar-refractivity contribution is 0.250. The Bertz CT molecular complexity index is 1230. The second-order valence-electron chi connectivity index (χ2n) is 7.37. The van der Waals surface area contributed by atoms with Crippen molar-refractivity contribution in [3.8, 4) is 5.75 Å². The molecule has 2 aromatic carbocycles. The molecule has 0 spiro atoms. The number of aromatic nitrogens is 1. The van der Waals surface area contributed by atoms with Crippen LogP contribution in [0.4, 0.5) is 0 Å². The molecule has 3 aromatic rings. The molecule has 160 valence electrons. The number of nitrogens with zero attached hydrogens (tertiary/aromatic N) is 1. The molecule has 0 aliphatic rings. The number of aliphatic hydroxyl groups excluding tert-OH is 1. The number of hydrogen-bond acceptors (Lipinski definition) is 5. The van der Waals surface area contributed by atoms with Crippen LogP contribution in [0.15, 0.2) is 46.1 Å². The highest BCUT2D eigenvalue weighted by atomic mass is 32.2. The van der Waals surface area contributed by atoms with E-state index in [-0.39, 0.29) is 30.2 Å². The second kappa shape index (κ2) is 8.59. The summed E-state index contributed by atoms with van der Waals surface area (Å²) < 4.78 is 33.2.